The van der Waals surface area contributed by atoms with Crippen molar-refractivity contribution in [1.29, 1.82) is 5.26 Å². The van der Waals surface area contributed by atoms with Crippen molar-refractivity contribution >= 4 is 22.1 Å². The summed E-state index contributed by atoms with van der Waals surface area (Å²) in [6.45, 7) is 0.263. The highest BCUT2D eigenvalue weighted by atomic mass is 79.9. The topological polar surface area (TPSA) is 50.3 Å². The smallest absolute Gasteiger partial charge is 0.143 e. The van der Waals surface area contributed by atoms with Gasteiger partial charge in [0.25, 0.3) is 0 Å². The summed E-state index contributed by atoms with van der Waals surface area (Å²) in [6, 6.07) is 21.4. The molecule has 3 rings (SSSR count). The van der Waals surface area contributed by atoms with Crippen molar-refractivity contribution in [1.82, 2.24) is 4.57 Å². The van der Waals surface area contributed by atoms with Gasteiger partial charge in [-0.05, 0) is 42.5 Å². The molecule has 0 amide bonds. The number of aromatic nitrogens is 1. The number of oxime groups is 1. The van der Waals surface area contributed by atoms with Crippen LogP contribution in [0.15, 0.2) is 76.5 Å². The lowest BCUT2D eigenvalue weighted by Crippen LogP contribution is -1.98. The van der Waals surface area contributed by atoms with E-state index in [4.69, 9.17) is 10.1 Å². The highest BCUT2D eigenvalue weighted by Gasteiger charge is 2.02. The predicted octanol–water partition coefficient (Wildman–Crippen LogP) is 4.66. The zero-order valence-electron chi connectivity index (χ0n) is 12.8. The third-order valence-corrected chi connectivity index (χ3v) is 4.03. The first kappa shape index (κ1) is 16.0. The highest BCUT2D eigenvalue weighted by molar-refractivity contribution is 9.10. The van der Waals surface area contributed by atoms with Gasteiger partial charge in [-0.2, -0.15) is 5.26 Å². The Balaban J connectivity index is 1.69. The lowest BCUT2D eigenvalue weighted by molar-refractivity contribution is 0.132. The summed E-state index contributed by atoms with van der Waals surface area (Å²) in [5, 5.41) is 13.1. The minimum absolute atomic E-state index is 0.263. The Morgan fingerprint density at radius 3 is 2.67 bits per heavy atom. The number of rotatable bonds is 5. The standard InChI is InChI=1S/C19H14BrN3O/c20-17-7-9-18(10-8-17)23-11-3-6-19(23)13-22-24-14-16-5-2-1-4-15(16)12-21/h1-11,13H,14H2/b22-13-. The fraction of sp³-hybridized carbons (Fsp3) is 0.0526. The second-order valence-electron chi connectivity index (χ2n) is 5.06. The molecule has 0 bridgehead atoms. The molecule has 0 aliphatic heterocycles. The van der Waals surface area contributed by atoms with E-state index in [1.807, 2.05) is 65.4 Å². The molecule has 0 N–H and O–H groups in total. The minimum Gasteiger partial charge on any atom is -0.391 e. The van der Waals surface area contributed by atoms with E-state index in [0.717, 1.165) is 21.4 Å². The van der Waals surface area contributed by atoms with Crippen molar-refractivity contribution < 1.29 is 4.84 Å². The van der Waals surface area contributed by atoms with Crippen molar-refractivity contribution in [2.75, 3.05) is 0 Å². The van der Waals surface area contributed by atoms with E-state index in [1.165, 1.54) is 0 Å². The molecule has 1 aromatic heterocycles. The summed E-state index contributed by atoms with van der Waals surface area (Å²) in [5.41, 5.74) is 3.37. The van der Waals surface area contributed by atoms with E-state index in [0.29, 0.717) is 5.56 Å². The lowest BCUT2D eigenvalue weighted by Gasteiger charge is -2.06. The zero-order valence-corrected chi connectivity index (χ0v) is 14.3. The molecule has 2 aromatic carbocycles. The summed E-state index contributed by atoms with van der Waals surface area (Å²) in [4.78, 5) is 5.34. The van der Waals surface area contributed by atoms with Crippen LogP contribution in [-0.2, 0) is 11.4 Å². The summed E-state index contributed by atoms with van der Waals surface area (Å²) in [5.74, 6) is 0. The maximum Gasteiger partial charge on any atom is 0.143 e. The summed E-state index contributed by atoms with van der Waals surface area (Å²) in [7, 11) is 0. The molecule has 0 saturated carbocycles. The Morgan fingerprint density at radius 1 is 1.08 bits per heavy atom. The predicted molar refractivity (Wildman–Crippen MR) is 97.0 cm³/mol. The first-order valence-corrected chi connectivity index (χ1v) is 8.14. The molecule has 0 aliphatic rings. The molecule has 0 spiro atoms. The van der Waals surface area contributed by atoms with Gasteiger partial charge >= 0.3 is 0 Å². The average molecular weight is 380 g/mol. The van der Waals surface area contributed by atoms with E-state index in [1.54, 1.807) is 12.3 Å². The maximum absolute atomic E-state index is 9.06. The molecule has 24 heavy (non-hydrogen) atoms. The van der Waals surface area contributed by atoms with Crippen molar-refractivity contribution in [2.45, 2.75) is 6.61 Å². The fourth-order valence-corrected chi connectivity index (χ4v) is 2.55. The van der Waals surface area contributed by atoms with Crippen molar-refractivity contribution in [3.05, 3.63) is 88.2 Å². The van der Waals surface area contributed by atoms with Gasteiger partial charge in [0.15, 0.2) is 0 Å². The van der Waals surface area contributed by atoms with Gasteiger partial charge in [0.2, 0.25) is 0 Å². The number of hydrogen-bond acceptors (Lipinski definition) is 3. The van der Waals surface area contributed by atoms with Crippen LogP contribution < -0.4 is 0 Å². The molecular formula is C19H14BrN3O. The molecule has 0 atom stereocenters. The molecule has 0 aliphatic carbocycles. The van der Waals surface area contributed by atoms with Crippen LogP contribution in [0.1, 0.15) is 16.8 Å². The van der Waals surface area contributed by atoms with Crippen LogP contribution in [0.5, 0.6) is 0 Å². The van der Waals surface area contributed by atoms with E-state index in [-0.39, 0.29) is 6.61 Å². The van der Waals surface area contributed by atoms with Gasteiger partial charge in [-0.3, -0.25) is 0 Å². The Bertz CT molecular complexity index is 891. The van der Waals surface area contributed by atoms with E-state index in [2.05, 4.69) is 27.2 Å². The second kappa shape index (κ2) is 7.62. The molecule has 118 valence electrons. The van der Waals surface area contributed by atoms with Crippen LogP contribution in [-0.4, -0.2) is 10.8 Å². The number of halogens is 1. The third kappa shape index (κ3) is 3.73. The zero-order chi connectivity index (χ0) is 16.8. The van der Waals surface area contributed by atoms with Gasteiger partial charge in [0.05, 0.1) is 23.5 Å². The summed E-state index contributed by atoms with van der Waals surface area (Å²) >= 11 is 3.43. The third-order valence-electron chi connectivity index (χ3n) is 3.50. The normalized spacial score (nSPS) is 10.7. The summed E-state index contributed by atoms with van der Waals surface area (Å²) in [6.07, 6.45) is 3.63. The molecule has 4 nitrogen and oxygen atoms in total. The van der Waals surface area contributed by atoms with Gasteiger partial charge in [0.1, 0.15) is 6.61 Å². The number of nitriles is 1. The first-order valence-electron chi connectivity index (χ1n) is 7.34. The van der Waals surface area contributed by atoms with Crippen LogP contribution in [0.25, 0.3) is 5.69 Å². The largest absolute Gasteiger partial charge is 0.391 e. The SMILES string of the molecule is N#Cc1ccccc1CO/N=C\c1cccn1-c1ccc(Br)cc1. The van der Waals surface area contributed by atoms with Crippen molar-refractivity contribution in [3.8, 4) is 11.8 Å². The van der Waals surface area contributed by atoms with E-state index >= 15 is 0 Å². The Morgan fingerprint density at radius 2 is 1.88 bits per heavy atom. The minimum atomic E-state index is 0.263. The van der Waals surface area contributed by atoms with Gasteiger partial charge in [-0.25, -0.2) is 0 Å². The highest BCUT2D eigenvalue weighted by Crippen LogP contribution is 2.16. The molecule has 0 saturated heterocycles. The first-order chi connectivity index (χ1) is 11.8. The van der Waals surface area contributed by atoms with Crippen LogP contribution in [0, 0.1) is 11.3 Å². The number of benzene rings is 2. The molecule has 5 heteroatoms. The van der Waals surface area contributed by atoms with Crippen LogP contribution in [0.4, 0.5) is 0 Å². The molecule has 3 aromatic rings. The average Bonchev–Trinajstić information content (AvgIpc) is 3.08. The molecule has 0 radical (unpaired) electrons. The molecule has 1 heterocycles. The number of hydrogen-bond donors (Lipinski definition) is 0. The fourth-order valence-electron chi connectivity index (χ4n) is 2.29. The van der Waals surface area contributed by atoms with Crippen molar-refractivity contribution in [3.63, 3.8) is 0 Å². The quantitative estimate of drug-likeness (QED) is 0.477. The molecule has 0 unspecified atom stereocenters. The van der Waals surface area contributed by atoms with Crippen LogP contribution in [0.2, 0.25) is 0 Å². The van der Waals surface area contributed by atoms with E-state index < -0.39 is 0 Å². The monoisotopic (exact) mass is 379 g/mol. The van der Waals surface area contributed by atoms with Gasteiger partial charge in [-0.1, -0.05) is 39.3 Å². The van der Waals surface area contributed by atoms with Crippen molar-refractivity contribution in [2.24, 2.45) is 5.16 Å². The molecule has 0 fully saturated rings. The van der Waals surface area contributed by atoms with Gasteiger partial charge in [-0.15, -0.1) is 0 Å². The van der Waals surface area contributed by atoms with Crippen LogP contribution in [0.3, 0.4) is 0 Å². The number of nitrogens with zero attached hydrogens (tertiary/aromatic N) is 3. The Hall–Kier alpha value is -2.84. The lowest BCUT2D eigenvalue weighted by atomic mass is 10.1. The molecular weight excluding hydrogens is 366 g/mol. The Kier molecular flexibility index (Phi) is 5.09. The Labute approximate surface area is 148 Å². The summed E-state index contributed by atoms with van der Waals surface area (Å²) < 4.78 is 3.05. The maximum atomic E-state index is 9.06. The second-order valence-corrected chi connectivity index (χ2v) is 5.97. The van der Waals surface area contributed by atoms with Crippen LogP contribution >= 0.6 is 15.9 Å². The van der Waals surface area contributed by atoms with Gasteiger partial charge < -0.3 is 9.40 Å². The van der Waals surface area contributed by atoms with E-state index in [9.17, 15) is 0 Å². The van der Waals surface area contributed by atoms with Gasteiger partial charge in [0, 0.05) is 21.9 Å².